The lowest BCUT2D eigenvalue weighted by molar-refractivity contribution is 0.311. The summed E-state index contributed by atoms with van der Waals surface area (Å²) >= 11 is 0. The molecule has 0 spiro atoms. The van der Waals surface area contributed by atoms with Gasteiger partial charge in [0.2, 0.25) is 0 Å². The van der Waals surface area contributed by atoms with Gasteiger partial charge in [0.25, 0.3) is 0 Å². The molecule has 1 aromatic heterocycles. The maximum Gasteiger partial charge on any atom is 0.162 e. The van der Waals surface area contributed by atoms with Crippen LogP contribution >= 0.6 is 0 Å². The first-order valence-corrected chi connectivity index (χ1v) is 12.3. The Balaban J connectivity index is 0.000000282. The number of benzene rings is 1. The van der Waals surface area contributed by atoms with E-state index in [0.717, 1.165) is 13.1 Å². The standard InChI is InChI=1S/C15H16F2N4.C11H24/c1-20-5-7-21(8-6-20)14-10-12(16)11(9-13(14)17)15-18-3-2-4-19-15;1-3-5-7-9-11-10-8-6-4-2/h2-4,9-10H,5-8H2,1H3;3-11H2,1-2H3. The summed E-state index contributed by atoms with van der Waals surface area (Å²) in [5, 5.41) is 0. The van der Waals surface area contributed by atoms with Crippen molar-refractivity contribution in [2.75, 3.05) is 38.1 Å². The molecule has 0 radical (unpaired) electrons. The second-order valence-corrected chi connectivity index (χ2v) is 8.62. The van der Waals surface area contributed by atoms with Crippen LogP contribution in [0.3, 0.4) is 0 Å². The lowest BCUT2D eigenvalue weighted by Crippen LogP contribution is -2.44. The molecule has 0 N–H and O–H groups in total. The Hall–Kier alpha value is -2.08. The minimum atomic E-state index is -0.503. The average molecular weight is 447 g/mol. The first kappa shape index (κ1) is 26.2. The van der Waals surface area contributed by atoms with Crippen LogP contribution in [-0.2, 0) is 0 Å². The number of nitrogens with zero attached hydrogens (tertiary/aromatic N) is 4. The molecule has 0 atom stereocenters. The van der Waals surface area contributed by atoms with E-state index >= 15 is 0 Å². The molecule has 4 nitrogen and oxygen atoms in total. The Labute approximate surface area is 193 Å². The number of hydrogen-bond acceptors (Lipinski definition) is 4. The van der Waals surface area contributed by atoms with Crippen molar-refractivity contribution in [3.05, 3.63) is 42.2 Å². The summed E-state index contributed by atoms with van der Waals surface area (Å²) in [5.41, 5.74) is 0.395. The molecule has 2 aromatic rings. The van der Waals surface area contributed by atoms with E-state index in [9.17, 15) is 8.78 Å². The zero-order chi connectivity index (χ0) is 23.2. The Kier molecular flexibility index (Phi) is 12.2. The molecule has 32 heavy (non-hydrogen) atoms. The van der Waals surface area contributed by atoms with Crippen molar-refractivity contribution in [2.24, 2.45) is 0 Å². The lowest BCUT2D eigenvalue weighted by atomic mass is 10.1. The summed E-state index contributed by atoms with van der Waals surface area (Å²) in [5.74, 6) is -0.751. The number of unbranched alkanes of at least 4 members (excludes halogenated alkanes) is 8. The molecule has 0 amide bonds. The van der Waals surface area contributed by atoms with E-state index in [4.69, 9.17) is 0 Å². The topological polar surface area (TPSA) is 32.3 Å². The predicted octanol–water partition coefficient (Wildman–Crippen LogP) is 6.71. The zero-order valence-electron chi connectivity index (χ0n) is 20.1. The zero-order valence-corrected chi connectivity index (χ0v) is 20.1. The number of likely N-dealkylation sites (N-methyl/N-ethyl adjacent to an activating group) is 1. The highest BCUT2D eigenvalue weighted by molar-refractivity contribution is 5.62. The fraction of sp³-hybridized carbons (Fsp3) is 0.615. The van der Waals surface area contributed by atoms with Gasteiger partial charge in [-0.25, -0.2) is 18.7 Å². The van der Waals surface area contributed by atoms with Crippen molar-refractivity contribution in [3.63, 3.8) is 0 Å². The number of rotatable bonds is 10. The van der Waals surface area contributed by atoms with Crippen LogP contribution in [0.4, 0.5) is 14.5 Å². The molecule has 1 saturated heterocycles. The van der Waals surface area contributed by atoms with Gasteiger partial charge in [0, 0.05) is 44.6 Å². The predicted molar refractivity (Wildman–Crippen MR) is 130 cm³/mol. The molecule has 1 aliphatic rings. The molecule has 0 saturated carbocycles. The van der Waals surface area contributed by atoms with Crippen LogP contribution in [0.5, 0.6) is 0 Å². The van der Waals surface area contributed by atoms with Gasteiger partial charge in [-0.05, 0) is 19.2 Å². The number of halogens is 2. The van der Waals surface area contributed by atoms with Gasteiger partial charge in [0.15, 0.2) is 5.82 Å². The van der Waals surface area contributed by atoms with Gasteiger partial charge in [0.1, 0.15) is 11.6 Å². The summed E-state index contributed by atoms with van der Waals surface area (Å²) in [6.07, 6.45) is 16.0. The number of aromatic nitrogens is 2. The number of hydrogen-bond donors (Lipinski definition) is 0. The van der Waals surface area contributed by atoms with Crippen molar-refractivity contribution in [1.82, 2.24) is 14.9 Å². The van der Waals surface area contributed by atoms with Gasteiger partial charge in [-0.3, -0.25) is 0 Å². The normalized spacial score (nSPS) is 14.2. The lowest BCUT2D eigenvalue weighted by Gasteiger charge is -2.34. The van der Waals surface area contributed by atoms with Gasteiger partial charge in [-0.1, -0.05) is 71.6 Å². The van der Waals surface area contributed by atoms with Gasteiger partial charge in [-0.15, -0.1) is 0 Å². The third-order valence-electron chi connectivity index (χ3n) is 5.89. The fourth-order valence-corrected chi connectivity index (χ4v) is 3.82. The van der Waals surface area contributed by atoms with Gasteiger partial charge in [-0.2, -0.15) is 0 Å². The van der Waals surface area contributed by atoms with Crippen LogP contribution in [0.2, 0.25) is 0 Å². The largest absolute Gasteiger partial charge is 0.367 e. The molecular weight excluding hydrogens is 406 g/mol. The molecule has 1 fully saturated rings. The summed E-state index contributed by atoms with van der Waals surface area (Å²) in [6, 6.07) is 4.06. The second kappa shape index (κ2) is 14.9. The highest BCUT2D eigenvalue weighted by Crippen LogP contribution is 2.28. The van der Waals surface area contributed by atoms with E-state index in [0.29, 0.717) is 18.8 Å². The SMILES string of the molecule is CCCCCCCCCCC.CN1CCN(c2cc(F)c(-c3ncccn3)cc2F)CC1. The summed E-state index contributed by atoms with van der Waals surface area (Å²) in [7, 11) is 2.02. The first-order valence-electron chi connectivity index (χ1n) is 12.3. The van der Waals surface area contributed by atoms with Gasteiger partial charge >= 0.3 is 0 Å². The van der Waals surface area contributed by atoms with Crippen LogP contribution in [0.25, 0.3) is 11.4 Å². The van der Waals surface area contributed by atoms with E-state index in [1.54, 1.807) is 6.07 Å². The summed E-state index contributed by atoms with van der Waals surface area (Å²) < 4.78 is 28.6. The molecule has 2 heterocycles. The van der Waals surface area contributed by atoms with Crippen molar-refractivity contribution in [3.8, 4) is 11.4 Å². The van der Waals surface area contributed by atoms with Crippen LogP contribution < -0.4 is 4.90 Å². The minimum absolute atomic E-state index is 0.0889. The number of piperazine rings is 1. The van der Waals surface area contributed by atoms with Crippen LogP contribution in [0.1, 0.15) is 71.6 Å². The molecular formula is C26H40F2N4. The minimum Gasteiger partial charge on any atom is -0.367 e. The van der Waals surface area contributed by atoms with E-state index in [2.05, 4.69) is 28.7 Å². The third kappa shape index (κ3) is 8.81. The summed E-state index contributed by atoms with van der Waals surface area (Å²) in [4.78, 5) is 12.0. The van der Waals surface area contributed by atoms with E-state index in [1.807, 2.05) is 11.9 Å². The van der Waals surface area contributed by atoms with E-state index in [1.165, 1.54) is 82.3 Å². The molecule has 3 rings (SSSR count). The van der Waals surface area contributed by atoms with E-state index < -0.39 is 11.6 Å². The van der Waals surface area contributed by atoms with E-state index in [-0.39, 0.29) is 11.4 Å². The smallest absolute Gasteiger partial charge is 0.162 e. The molecule has 0 bridgehead atoms. The van der Waals surface area contributed by atoms with Crippen molar-refractivity contribution >= 4 is 5.69 Å². The molecule has 1 aliphatic heterocycles. The molecule has 0 unspecified atom stereocenters. The highest BCUT2D eigenvalue weighted by Gasteiger charge is 2.20. The monoisotopic (exact) mass is 446 g/mol. The molecule has 178 valence electrons. The maximum absolute atomic E-state index is 14.3. The molecule has 6 heteroatoms. The quantitative estimate of drug-likeness (QED) is 0.380. The van der Waals surface area contributed by atoms with Crippen molar-refractivity contribution < 1.29 is 8.78 Å². The first-order chi connectivity index (χ1) is 15.6. The second-order valence-electron chi connectivity index (χ2n) is 8.62. The Bertz CT molecular complexity index is 754. The molecule has 0 aliphatic carbocycles. The molecule has 1 aromatic carbocycles. The summed E-state index contributed by atoms with van der Waals surface area (Å²) in [6.45, 7) is 7.60. The fourth-order valence-electron chi connectivity index (χ4n) is 3.82. The number of anilines is 1. The average Bonchev–Trinajstić information content (AvgIpc) is 2.81. The van der Waals surface area contributed by atoms with Crippen LogP contribution in [0.15, 0.2) is 30.6 Å². The maximum atomic E-state index is 14.3. The Morgan fingerprint density at radius 3 is 1.81 bits per heavy atom. The van der Waals surface area contributed by atoms with Crippen molar-refractivity contribution in [1.29, 1.82) is 0 Å². The Morgan fingerprint density at radius 2 is 1.28 bits per heavy atom. The van der Waals surface area contributed by atoms with Gasteiger partial charge < -0.3 is 9.80 Å². The van der Waals surface area contributed by atoms with Gasteiger partial charge in [0.05, 0.1) is 11.3 Å². The van der Waals surface area contributed by atoms with Crippen LogP contribution in [-0.4, -0.2) is 48.1 Å². The Morgan fingerprint density at radius 1 is 0.750 bits per heavy atom. The van der Waals surface area contributed by atoms with Crippen LogP contribution in [0, 0.1) is 11.6 Å². The highest BCUT2D eigenvalue weighted by atomic mass is 19.1. The van der Waals surface area contributed by atoms with Crippen molar-refractivity contribution in [2.45, 2.75) is 71.6 Å². The third-order valence-corrected chi connectivity index (χ3v) is 5.89.